The zero-order valence-corrected chi connectivity index (χ0v) is 17.4. The molecule has 8 nitrogen and oxygen atoms in total. The van der Waals surface area contributed by atoms with E-state index in [0.717, 1.165) is 45.2 Å². The number of aryl methyl sites for hydroxylation is 1. The van der Waals surface area contributed by atoms with Gasteiger partial charge in [0.15, 0.2) is 0 Å². The van der Waals surface area contributed by atoms with Crippen molar-refractivity contribution < 1.29 is 23.2 Å². The Kier molecular flexibility index (Phi) is 5.33. The monoisotopic (exact) mass is 434 g/mol. The van der Waals surface area contributed by atoms with Crippen LogP contribution in [0.25, 0.3) is 10.1 Å². The number of carboxylic acids is 1. The molecule has 0 spiro atoms. The van der Waals surface area contributed by atoms with E-state index >= 15 is 0 Å². The van der Waals surface area contributed by atoms with Crippen molar-refractivity contribution in [3.63, 3.8) is 0 Å². The molecule has 0 aliphatic carbocycles. The van der Waals surface area contributed by atoms with Crippen molar-refractivity contribution >= 4 is 48.8 Å². The van der Waals surface area contributed by atoms with Gasteiger partial charge in [-0.1, -0.05) is 19.9 Å². The van der Waals surface area contributed by atoms with Gasteiger partial charge in [-0.05, 0) is 47.6 Å². The number of hydrogen-bond donors (Lipinski definition) is 2. The molecule has 1 heterocycles. The minimum atomic E-state index is -4.07. The molecule has 0 saturated carbocycles. The molecule has 2 N–H and O–H groups in total. The average Bonchev–Trinajstić information content (AvgIpc) is 2.98. The number of aromatic carboxylic acids is 1. The molecule has 0 amide bonds. The number of carbonyl (C=O) groups is 1. The topological polar surface area (TPSA) is 127 Å². The van der Waals surface area contributed by atoms with Gasteiger partial charge in [0.05, 0.1) is 16.2 Å². The summed E-state index contributed by atoms with van der Waals surface area (Å²) in [7, 11) is -4.07. The molecule has 0 aliphatic rings. The highest BCUT2D eigenvalue weighted by atomic mass is 32.2. The number of nitrogens with one attached hydrogen (secondary N) is 1. The van der Waals surface area contributed by atoms with Crippen LogP contribution in [-0.2, 0) is 10.0 Å². The summed E-state index contributed by atoms with van der Waals surface area (Å²) in [6.07, 6.45) is 0. The fraction of sp³-hybridized carbons (Fsp3) is 0.211. The van der Waals surface area contributed by atoms with Crippen LogP contribution < -0.4 is 4.72 Å². The molecule has 152 valence electrons. The lowest BCUT2D eigenvalue weighted by Crippen LogP contribution is -2.13. The van der Waals surface area contributed by atoms with Gasteiger partial charge in [-0.2, -0.15) is 0 Å². The predicted octanol–water partition coefficient (Wildman–Crippen LogP) is 4.74. The minimum Gasteiger partial charge on any atom is -0.478 e. The van der Waals surface area contributed by atoms with E-state index in [4.69, 9.17) is 5.11 Å². The van der Waals surface area contributed by atoms with Crippen LogP contribution in [0.15, 0.2) is 40.6 Å². The number of sulfonamides is 1. The second-order valence-corrected chi connectivity index (χ2v) is 9.79. The smallest absolute Gasteiger partial charge is 0.336 e. The Bertz CT molecular complexity index is 1210. The standard InChI is InChI=1S/C19H18N2O6S2/c1-10(2)12-4-5-17-16(8-12)11(3)19(28-17)29(26,27)20-14-6-13(18(22)23)7-15(9-14)21(24)25/h4-10,20H,1-3H3,(H,22,23). The molecule has 0 aliphatic heterocycles. The summed E-state index contributed by atoms with van der Waals surface area (Å²) in [5.74, 6) is -1.11. The Balaban J connectivity index is 2.07. The van der Waals surface area contributed by atoms with Gasteiger partial charge >= 0.3 is 5.97 Å². The number of hydrogen-bond acceptors (Lipinski definition) is 6. The number of benzene rings is 2. The van der Waals surface area contributed by atoms with Crippen molar-refractivity contribution in [3.8, 4) is 0 Å². The third-order valence-electron chi connectivity index (χ3n) is 4.45. The van der Waals surface area contributed by atoms with Crippen LogP contribution >= 0.6 is 11.3 Å². The average molecular weight is 434 g/mol. The molecule has 2 aromatic carbocycles. The summed E-state index contributed by atoms with van der Waals surface area (Å²) in [6.45, 7) is 5.79. The summed E-state index contributed by atoms with van der Waals surface area (Å²) >= 11 is 1.09. The second-order valence-electron chi connectivity index (χ2n) is 6.86. The highest BCUT2D eigenvalue weighted by Gasteiger charge is 2.24. The van der Waals surface area contributed by atoms with Crippen molar-refractivity contribution in [2.75, 3.05) is 4.72 Å². The van der Waals surface area contributed by atoms with Crippen LogP contribution in [0.2, 0.25) is 0 Å². The molecule has 29 heavy (non-hydrogen) atoms. The lowest BCUT2D eigenvalue weighted by Gasteiger charge is -2.08. The first-order valence-corrected chi connectivity index (χ1v) is 10.9. The molecule has 1 aromatic heterocycles. The van der Waals surface area contributed by atoms with Crippen LogP contribution in [0.1, 0.15) is 41.3 Å². The van der Waals surface area contributed by atoms with Crippen LogP contribution in [0, 0.1) is 17.0 Å². The fourth-order valence-electron chi connectivity index (χ4n) is 2.93. The maximum absolute atomic E-state index is 13.0. The third-order valence-corrected chi connectivity index (χ3v) is 7.73. The third kappa shape index (κ3) is 4.08. The number of rotatable bonds is 6. The van der Waals surface area contributed by atoms with Gasteiger partial charge in [0.25, 0.3) is 15.7 Å². The van der Waals surface area contributed by atoms with Gasteiger partial charge in [0.2, 0.25) is 0 Å². The number of nitro benzene ring substituents is 1. The lowest BCUT2D eigenvalue weighted by molar-refractivity contribution is -0.384. The van der Waals surface area contributed by atoms with E-state index < -0.39 is 26.6 Å². The number of fused-ring (bicyclic) bond motifs is 1. The van der Waals surface area contributed by atoms with Crippen LogP contribution in [-0.4, -0.2) is 24.4 Å². The van der Waals surface area contributed by atoms with Crippen molar-refractivity contribution in [3.05, 3.63) is 63.2 Å². The molecule has 0 radical (unpaired) electrons. The van der Waals surface area contributed by atoms with E-state index in [1.165, 1.54) is 0 Å². The van der Waals surface area contributed by atoms with Crippen molar-refractivity contribution in [2.45, 2.75) is 30.9 Å². The van der Waals surface area contributed by atoms with E-state index in [1.807, 2.05) is 32.0 Å². The maximum Gasteiger partial charge on any atom is 0.336 e. The van der Waals surface area contributed by atoms with Gasteiger partial charge in [0.1, 0.15) is 4.21 Å². The zero-order chi connectivity index (χ0) is 21.5. The first-order chi connectivity index (χ1) is 13.5. The molecule has 0 bridgehead atoms. The maximum atomic E-state index is 13.0. The van der Waals surface area contributed by atoms with Gasteiger partial charge < -0.3 is 5.11 Å². The normalized spacial score (nSPS) is 11.7. The number of nitro groups is 1. The Morgan fingerprint density at radius 2 is 1.90 bits per heavy atom. The van der Waals surface area contributed by atoms with Gasteiger partial charge in [-0.25, -0.2) is 13.2 Å². The predicted molar refractivity (Wildman–Crippen MR) is 112 cm³/mol. The summed E-state index contributed by atoms with van der Waals surface area (Å²) in [4.78, 5) is 21.5. The van der Waals surface area contributed by atoms with Crippen LogP contribution in [0.5, 0.6) is 0 Å². The molecule has 0 atom stereocenters. The first kappa shape index (κ1) is 20.7. The van der Waals surface area contributed by atoms with Crippen molar-refractivity contribution in [2.24, 2.45) is 0 Å². The zero-order valence-electron chi connectivity index (χ0n) is 15.8. The highest BCUT2D eigenvalue weighted by molar-refractivity contribution is 7.94. The first-order valence-electron chi connectivity index (χ1n) is 8.58. The largest absolute Gasteiger partial charge is 0.478 e. The molecular formula is C19H18N2O6S2. The quantitative estimate of drug-likeness (QED) is 0.426. The van der Waals surface area contributed by atoms with E-state index in [-0.39, 0.29) is 21.4 Å². The highest BCUT2D eigenvalue weighted by Crippen LogP contribution is 2.37. The Hall–Kier alpha value is -2.98. The molecule has 0 unspecified atom stereocenters. The van der Waals surface area contributed by atoms with Crippen molar-refractivity contribution in [1.29, 1.82) is 0 Å². The van der Waals surface area contributed by atoms with Gasteiger partial charge in [0, 0.05) is 16.8 Å². The van der Waals surface area contributed by atoms with Gasteiger partial charge in [-0.3, -0.25) is 14.8 Å². The lowest BCUT2D eigenvalue weighted by atomic mass is 10.0. The SMILES string of the molecule is Cc1c(S(=O)(=O)Nc2cc(C(=O)O)cc([N+](=O)[O-])c2)sc2ccc(C(C)C)cc12. The fourth-order valence-corrected chi connectivity index (χ4v) is 5.72. The summed E-state index contributed by atoms with van der Waals surface area (Å²) in [5.41, 5.74) is 0.573. The number of non-ortho nitro benzene ring substituents is 1. The summed E-state index contributed by atoms with van der Waals surface area (Å²) in [6, 6.07) is 8.69. The van der Waals surface area contributed by atoms with E-state index in [9.17, 15) is 23.3 Å². The Morgan fingerprint density at radius 1 is 1.21 bits per heavy atom. The number of nitrogens with zero attached hydrogens (tertiary/aromatic N) is 1. The Morgan fingerprint density at radius 3 is 2.48 bits per heavy atom. The molecule has 0 fully saturated rings. The molecule has 3 aromatic rings. The summed E-state index contributed by atoms with van der Waals surface area (Å²) in [5, 5.41) is 21.0. The van der Waals surface area contributed by atoms with Crippen LogP contribution in [0.4, 0.5) is 11.4 Å². The van der Waals surface area contributed by atoms with Crippen molar-refractivity contribution in [1.82, 2.24) is 0 Å². The summed E-state index contributed by atoms with van der Waals surface area (Å²) < 4.78 is 29.1. The van der Waals surface area contributed by atoms with E-state index in [2.05, 4.69) is 4.72 Å². The number of anilines is 1. The molecular weight excluding hydrogens is 416 g/mol. The molecule has 10 heteroatoms. The van der Waals surface area contributed by atoms with E-state index in [1.54, 1.807) is 6.92 Å². The Labute approximate surface area is 171 Å². The number of thiophene rings is 1. The molecule has 0 saturated heterocycles. The number of carboxylic acid groups (broad SMARTS) is 1. The van der Waals surface area contributed by atoms with E-state index in [0.29, 0.717) is 5.56 Å². The van der Waals surface area contributed by atoms with Gasteiger partial charge in [-0.15, -0.1) is 11.3 Å². The second kappa shape index (κ2) is 7.45. The molecule has 3 rings (SSSR count). The van der Waals surface area contributed by atoms with Crippen LogP contribution in [0.3, 0.4) is 0 Å². The minimum absolute atomic E-state index is 0.0804.